The quantitative estimate of drug-likeness (QED) is 0.696. The van der Waals surface area contributed by atoms with Crippen LogP contribution in [0.3, 0.4) is 0 Å². The van der Waals surface area contributed by atoms with E-state index in [4.69, 9.17) is 0 Å². The van der Waals surface area contributed by atoms with Crippen LogP contribution in [0.25, 0.3) is 0 Å². The van der Waals surface area contributed by atoms with Crippen molar-refractivity contribution in [2.45, 2.75) is 38.7 Å². The molecule has 1 rings (SSSR count). The molecule has 0 aliphatic heterocycles. The van der Waals surface area contributed by atoms with Gasteiger partial charge >= 0.3 is 0 Å². The molecular formula is C12H19NO2. The predicted octanol–water partition coefficient (Wildman–Crippen LogP) is 1.74. The predicted molar refractivity (Wildman–Crippen MR) is 60.1 cm³/mol. The Hall–Kier alpha value is -1.09. The van der Waals surface area contributed by atoms with Crippen molar-refractivity contribution in [2.24, 2.45) is 5.92 Å². The second kappa shape index (κ2) is 5.71. The van der Waals surface area contributed by atoms with Crippen molar-refractivity contribution in [1.82, 2.24) is 5.32 Å². The molecule has 0 aromatic rings. The maximum Gasteiger partial charge on any atom is 0.227 e. The first-order valence-corrected chi connectivity index (χ1v) is 5.45. The Balaban J connectivity index is 2.49. The maximum absolute atomic E-state index is 11.8. The Morgan fingerprint density at radius 1 is 1.53 bits per heavy atom. The van der Waals surface area contributed by atoms with Crippen molar-refractivity contribution >= 4 is 5.91 Å². The molecular weight excluding hydrogens is 190 g/mol. The van der Waals surface area contributed by atoms with E-state index < -0.39 is 0 Å². The Morgan fingerprint density at radius 2 is 2.27 bits per heavy atom. The number of amides is 1. The number of hydrogen-bond donors (Lipinski definition) is 2. The van der Waals surface area contributed by atoms with Gasteiger partial charge in [0.25, 0.3) is 0 Å². The SMILES string of the molecule is C=C/C(=C\C)NC(=O)[C@@H]1CCC[C@H](O)C1. The fraction of sp³-hybridized carbons (Fsp3) is 0.583. The molecule has 84 valence electrons. The summed E-state index contributed by atoms with van der Waals surface area (Å²) < 4.78 is 0. The second-order valence-electron chi connectivity index (χ2n) is 3.95. The van der Waals surface area contributed by atoms with Crippen molar-refractivity contribution in [1.29, 1.82) is 0 Å². The number of rotatable bonds is 3. The van der Waals surface area contributed by atoms with Crippen LogP contribution in [0.4, 0.5) is 0 Å². The first-order chi connectivity index (χ1) is 7.17. The average Bonchev–Trinajstić information content (AvgIpc) is 2.25. The van der Waals surface area contributed by atoms with Crippen molar-refractivity contribution in [3.63, 3.8) is 0 Å². The van der Waals surface area contributed by atoms with Crippen LogP contribution in [-0.2, 0) is 4.79 Å². The topological polar surface area (TPSA) is 49.3 Å². The Bertz CT molecular complexity index is 271. The van der Waals surface area contributed by atoms with Gasteiger partial charge in [-0.15, -0.1) is 0 Å². The molecule has 0 bridgehead atoms. The number of carbonyl (C=O) groups excluding carboxylic acids is 1. The van der Waals surface area contributed by atoms with Crippen LogP contribution in [0.15, 0.2) is 24.4 Å². The van der Waals surface area contributed by atoms with Crippen LogP contribution < -0.4 is 5.32 Å². The molecule has 1 saturated carbocycles. The number of allylic oxidation sites excluding steroid dienone is 2. The van der Waals surface area contributed by atoms with Crippen molar-refractivity contribution in [2.75, 3.05) is 0 Å². The lowest BCUT2D eigenvalue weighted by molar-refractivity contribution is -0.126. The number of nitrogens with one attached hydrogen (secondary N) is 1. The molecule has 0 aromatic heterocycles. The number of aliphatic hydroxyl groups is 1. The van der Waals surface area contributed by atoms with E-state index in [1.165, 1.54) is 0 Å². The molecule has 3 heteroatoms. The molecule has 1 aliphatic carbocycles. The molecule has 0 aromatic carbocycles. The number of aliphatic hydroxyl groups excluding tert-OH is 1. The first kappa shape index (κ1) is 12.0. The van der Waals surface area contributed by atoms with Gasteiger partial charge in [-0.3, -0.25) is 4.79 Å². The number of hydrogen-bond acceptors (Lipinski definition) is 2. The highest BCUT2D eigenvalue weighted by Crippen LogP contribution is 2.24. The molecule has 15 heavy (non-hydrogen) atoms. The van der Waals surface area contributed by atoms with Gasteiger partial charge in [0.15, 0.2) is 0 Å². The van der Waals surface area contributed by atoms with Gasteiger partial charge in [-0.2, -0.15) is 0 Å². The average molecular weight is 209 g/mol. The molecule has 0 unspecified atom stereocenters. The van der Waals surface area contributed by atoms with E-state index in [9.17, 15) is 9.90 Å². The smallest absolute Gasteiger partial charge is 0.227 e. The molecule has 0 spiro atoms. The fourth-order valence-electron chi connectivity index (χ4n) is 1.89. The van der Waals surface area contributed by atoms with E-state index in [0.717, 1.165) is 25.0 Å². The van der Waals surface area contributed by atoms with Crippen LogP contribution in [0.5, 0.6) is 0 Å². The van der Waals surface area contributed by atoms with Crippen molar-refractivity contribution in [3.05, 3.63) is 24.4 Å². The molecule has 0 saturated heterocycles. The molecule has 1 amide bonds. The van der Waals surface area contributed by atoms with Crippen molar-refractivity contribution in [3.8, 4) is 0 Å². The summed E-state index contributed by atoms with van der Waals surface area (Å²) in [6, 6.07) is 0. The van der Waals surface area contributed by atoms with Gasteiger partial charge in [-0.05, 0) is 32.3 Å². The van der Waals surface area contributed by atoms with Gasteiger partial charge in [0.1, 0.15) is 0 Å². The van der Waals surface area contributed by atoms with Crippen LogP contribution >= 0.6 is 0 Å². The highest BCUT2D eigenvalue weighted by atomic mass is 16.3. The summed E-state index contributed by atoms with van der Waals surface area (Å²) in [5, 5.41) is 12.3. The van der Waals surface area contributed by atoms with E-state index in [0.29, 0.717) is 6.42 Å². The Morgan fingerprint density at radius 3 is 2.80 bits per heavy atom. The Labute approximate surface area is 90.9 Å². The van der Waals surface area contributed by atoms with Gasteiger partial charge in [0.2, 0.25) is 5.91 Å². The van der Waals surface area contributed by atoms with Crippen LogP contribution in [-0.4, -0.2) is 17.1 Å². The largest absolute Gasteiger partial charge is 0.393 e. The maximum atomic E-state index is 11.8. The van der Waals surface area contributed by atoms with Crippen LogP contribution in [0.2, 0.25) is 0 Å². The molecule has 3 nitrogen and oxygen atoms in total. The molecule has 1 aliphatic rings. The van der Waals surface area contributed by atoms with E-state index in [1.807, 2.05) is 13.0 Å². The van der Waals surface area contributed by atoms with Gasteiger partial charge < -0.3 is 10.4 Å². The summed E-state index contributed by atoms with van der Waals surface area (Å²) in [7, 11) is 0. The highest BCUT2D eigenvalue weighted by molar-refractivity contribution is 5.80. The minimum Gasteiger partial charge on any atom is -0.393 e. The summed E-state index contributed by atoms with van der Waals surface area (Å²) in [5.74, 6) is -0.0506. The third-order valence-corrected chi connectivity index (χ3v) is 2.82. The lowest BCUT2D eigenvalue weighted by atomic mass is 9.86. The van der Waals surface area contributed by atoms with Crippen molar-refractivity contribution < 1.29 is 9.90 Å². The molecule has 2 atom stereocenters. The van der Waals surface area contributed by atoms with E-state index in [1.54, 1.807) is 6.08 Å². The minimum absolute atomic E-state index is 0.00162. The summed E-state index contributed by atoms with van der Waals surface area (Å²) in [6.07, 6.45) is 6.32. The first-order valence-electron chi connectivity index (χ1n) is 5.45. The van der Waals surface area contributed by atoms with Gasteiger partial charge in [0, 0.05) is 11.6 Å². The zero-order chi connectivity index (χ0) is 11.3. The zero-order valence-corrected chi connectivity index (χ0v) is 9.20. The lowest BCUT2D eigenvalue weighted by Gasteiger charge is -2.25. The second-order valence-corrected chi connectivity index (χ2v) is 3.95. The van der Waals surface area contributed by atoms with Gasteiger partial charge in [-0.25, -0.2) is 0 Å². The standard InChI is InChI=1S/C12H19NO2/c1-3-10(4-2)13-12(15)9-6-5-7-11(14)8-9/h3-4,9,11,14H,1,5-8H2,2H3,(H,13,15)/b10-4+/t9-,11+/m1/s1. The fourth-order valence-corrected chi connectivity index (χ4v) is 1.89. The van der Waals surface area contributed by atoms with Crippen LogP contribution in [0, 0.1) is 5.92 Å². The third kappa shape index (κ3) is 3.51. The number of carbonyl (C=O) groups is 1. The normalized spacial score (nSPS) is 27.2. The van der Waals surface area contributed by atoms with Gasteiger partial charge in [0.05, 0.1) is 6.10 Å². The third-order valence-electron chi connectivity index (χ3n) is 2.82. The van der Waals surface area contributed by atoms with E-state index in [2.05, 4.69) is 11.9 Å². The highest BCUT2D eigenvalue weighted by Gasteiger charge is 2.25. The minimum atomic E-state index is -0.313. The summed E-state index contributed by atoms with van der Waals surface area (Å²) >= 11 is 0. The Kier molecular flexibility index (Phi) is 4.56. The van der Waals surface area contributed by atoms with Gasteiger partial charge in [-0.1, -0.05) is 19.1 Å². The van der Waals surface area contributed by atoms with E-state index >= 15 is 0 Å². The molecule has 0 radical (unpaired) electrons. The molecule has 0 heterocycles. The summed E-state index contributed by atoms with van der Waals surface area (Å²) in [4.78, 5) is 11.8. The van der Waals surface area contributed by atoms with Crippen LogP contribution in [0.1, 0.15) is 32.6 Å². The zero-order valence-electron chi connectivity index (χ0n) is 9.20. The lowest BCUT2D eigenvalue weighted by Crippen LogP contribution is -2.34. The molecule has 1 fully saturated rings. The molecule has 2 N–H and O–H groups in total. The summed E-state index contributed by atoms with van der Waals surface area (Å²) in [5.41, 5.74) is 0.736. The monoisotopic (exact) mass is 209 g/mol. The van der Waals surface area contributed by atoms with E-state index in [-0.39, 0.29) is 17.9 Å². The summed E-state index contributed by atoms with van der Waals surface area (Å²) in [6.45, 7) is 5.47.